The van der Waals surface area contributed by atoms with Gasteiger partial charge in [-0.3, -0.25) is 4.79 Å². The lowest BCUT2D eigenvalue weighted by Crippen LogP contribution is -2.35. The van der Waals surface area contributed by atoms with Gasteiger partial charge in [0.25, 0.3) is 0 Å². The Balaban J connectivity index is 1.49. The molecule has 1 aliphatic heterocycles. The van der Waals surface area contributed by atoms with Gasteiger partial charge in [0.2, 0.25) is 10.9 Å². The molecular weight excluding hydrogens is 254 g/mol. The lowest BCUT2D eigenvalue weighted by Gasteiger charge is -2.09. The molecule has 0 aromatic carbocycles. The second-order valence-corrected chi connectivity index (χ2v) is 5.14. The van der Waals surface area contributed by atoms with Gasteiger partial charge in [0.05, 0.1) is 0 Å². The normalized spacial score (nSPS) is 19.4. The molecule has 3 rings (SSSR count). The summed E-state index contributed by atoms with van der Waals surface area (Å²) in [6, 6.07) is 0. The van der Waals surface area contributed by atoms with Gasteiger partial charge < -0.3 is 10.1 Å². The Labute approximate surface area is 107 Å². The summed E-state index contributed by atoms with van der Waals surface area (Å²) >= 11 is 1.48. The predicted octanol–water partition coefficient (Wildman–Crippen LogP) is 0.0235. The fourth-order valence-electron chi connectivity index (χ4n) is 1.89. The monoisotopic (exact) mass is 267 g/mol. The molecule has 0 spiro atoms. The van der Waals surface area contributed by atoms with Crippen molar-refractivity contribution in [2.75, 3.05) is 13.2 Å². The van der Waals surface area contributed by atoms with Crippen LogP contribution in [0.25, 0.3) is 4.96 Å². The van der Waals surface area contributed by atoms with Crippen LogP contribution in [0.5, 0.6) is 0 Å². The van der Waals surface area contributed by atoms with Crippen molar-refractivity contribution in [3.63, 3.8) is 0 Å². The van der Waals surface area contributed by atoms with E-state index in [-0.39, 0.29) is 12.0 Å². The van der Waals surface area contributed by atoms with E-state index < -0.39 is 0 Å². The molecule has 0 aliphatic carbocycles. The van der Waals surface area contributed by atoms with E-state index in [4.69, 9.17) is 4.74 Å². The average molecular weight is 267 g/mol. The van der Waals surface area contributed by atoms with Crippen molar-refractivity contribution in [3.05, 3.63) is 11.3 Å². The van der Waals surface area contributed by atoms with Crippen molar-refractivity contribution < 1.29 is 9.53 Å². The number of fused-ring (bicyclic) bond motifs is 1. The molecule has 1 N–H and O–H groups in total. The zero-order valence-corrected chi connectivity index (χ0v) is 10.5. The summed E-state index contributed by atoms with van der Waals surface area (Å²) in [7, 11) is 0. The Hall–Kier alpha value is -1.54. The number of ether oxygens (including phenoxy) is 1. The van der Waals surface area contributed by atoms with Gasteiger partial charge in [-0.2, -0.15) is 9.61 Å². The van der Waals surface area contributed by atoms with Gasteiger partial charge in [-0.25, -0.2) is 0 Å². The average Bonchev–Trinajstić information content (AvgIpc) is 3.05. The van der Waals surface area contributed by atoms with Crippen LogP contribution in [-0.2, 0) is 16.0 Å². The van der Waals surface area contributed by atoms with Gasteiger partial charge >= 0.3 is 0 Å². The van der Waals surface area contributed by atoms with Crippen LogP contribution in [0.2, 0.25) is 0 Å². The van der Waals surface area contributed by atoms with Crippen molar-refractivity contribution >= 4 is 22.2 Å². The molecule has 18 heavy (non-hydrogen) atoms. The van der Waals surface area contributed by atoms with Gasteiger partial charge in [0.15, 0.2) is 0 Å². The molecule has 8 heteroatoms. The van der Waals surface area contributed by atoms with E-state index in [2.05, 4.69) is 20.6 Å². The molecule has 1 saturated heterocycles. The van der Waals surface area contributed by atoms with Crippen LogP contribution in [-0.4, -0.2) is 45.0 Å². The van der Waals surface area contributed by atoms with E-state index in [0.29, 0.717) is 19.6 Å². The first-order valence-corrected chi connectivity index (χ1v) is 6.69. The zero-order chi connectivity index (χ0) is 12.4. The first kappa shape index (κ1) is 11.5. The molecule has 1 unspecified atom stereocenters. The minimum absolute atomic E-state index is 0.0181. The van der Waals surface area contributed by atoms with E-state index in [1.165, 1.54) is 11.3 Å². The highest BCUT2D eigenvalue weighted by Crippen LogP contribution is 2.13. The number of aromatic nitrogens is 4. The SMILES string of the molecule is O=C(NCCc1nn2cnnc2s1)C1CCCO1. The van der Waals surface area contributed by atoms with E-state index in [9.17, 15) is 4.79 Å². The Morgan fingerprint density at radius 3 is 3.39 bits per heavy atom. The first-order chi connectivity index (χ1) is 8.83. The number of carbonyl (C=O) groups excluding carboxylic acids is 1. The molecule has 1 amide bonds. The zero-order valence-electron chi connectivity index (χ0n) is 9.70. The van der Waals surface area contributed by atoms with Crippen molar-refractivity contribution in [2.24, 2.45) is 0 Å². The van der Waals surface area contributed by atoms with Gasteiger partial charge in [-0.05, 0) is 12.8 Å². The van der Waals surface area contributed by atoms with Crippen LogP contribution >= 0.6 is 11.3 Å². The Bertz CT molecular complexity index is 517. The predicted molar refractivity (Wildman–Crippen MR) is 64.3 cm³/mol. The Morgan fingerprint density at radius 2 is 2.61 bits per heavy atom. The fourth-order valence-corrected chi connectivity index (χ4v) is 2.71. The van der Waals surface area contributed by atoms with E-state index in [1.54, 1.807) is 10.8 Å². The molecule has 3 heterocycles. The first-order valence-electron chi connectivity index (χ1n) is 5.88. The van der Waals surface area contributed by atoms with Crippen LogP contribution in [0.1, 0.15) is 17.8 Å². The molecule has 0 saturated carbocycles. The third-order valence-electron chi connectivity index (χ3n) is 2.79. The van der Waals surface area contributed by atoms with Crippen molar-refractivity contribution in [1.82, 2.24) is 25.1 Å². The maximum atomic E-state index is 11.7. The van der Waals surface area contributed by atoms with Gasteiger partial charge in [-0.15, -0.1) is 10.2 Å². The smallest absolute Gasteiger partial charge is 0.249 e. The van der Waals surface area contributed by atoms with Crippen LogP contribution in [0, 0.1) is 0 Å². The van der Waals surface area contributed by atoms with E-state index in [0.717, 1.165) is 22.8 Å². The number of amides is 1. The second-order valence-electron chi connectivity index (χ2n) is 4.10. The molecule has 1 atom stereocenters. The maximum absolute atomic E-state index is 11.7. The molecule has 1 fully saturated rings. The largest absolute Gasteiger partial charge is 0.368 e. The second kappa shape index (κ2) is 4.99. The molecule has 96 valence electrons. The van der Waals surface area contributed by atoms with Crippen molar-refractivity contribution in [3.8, 4) is 0 Å². The topological polar surface area (TPSA) is 81.4 Å². The third kappa shape index (κ3) is 2.34. The third-order valence-corrected chi connectivity index (χ3v) is 3.76. The van der Waals surface area contributed by atoms with Crippen LogP contribution in [0.4, 0.5) is 0 Å². The minimum Gasteiger partial charge on any atom is -0.368 e. The van der Waals surface area contributed by atoms with Crippen LogP contribution in [0.3, 0.4) is 0 Å². The summed E-state index contributed by atoms with van der Waals surface area (Å²) in [6.45, 7) is 1.26. The quantitative estimate of drug-likeness (QED) is 0.844. The number of rotatable bonds is 4. The number of nitrogens with zero attached hydrogens (tertiary/aromatic N) is 4. The molecule has 2 aromatic rings. The van der Waals surface area contributed by atoms with E-state index in [1.807, 2.05) is 0 Å². The summed E-state index contributed by atoms with van der Waals surface area (Å²) in [5.41, 5.74) is 0. The lowest BCUT2D eigenvalue weighted by atomic mass is 10.2. The minimum atomic E-state index is -0.261. The molecule has 0 bridgehead atoms. The lowest BCUT2D eigenvalue weighted by molar-refractivity contribution is -0.129. The Kier molecular flexibility index (Phi) is 3.20. The summed E-state index contributed by atoms with van der Waals surface area (Å²) in [5, 5.41) is 15.7. The summed E-state index contributed by atoms with van der Waals surface area (Å²) in [5.74, 6) is -0.0181. The molecule has 1 aliphatic rings. The molecular formula is C10H13N5O2S. The standard InChI is InChI=1S/C10H13N5O2S/c16-9(7-2-1-5-17-7)11-4-3-8-14-15-6-12-13-10(15)18-8/h6-7H,1-5H2,(H,11,16). The van der Waals surface area contributed by atoms with Gasteiger partial charge in [0.1, 0.15) is 17.4 Å². The van der Waals surface area contributed by atoms with Crippen LogP contribution < -0.4 is 5.32 Å². The van der Waals surface area contributed by atoms with E-state index >= 15 is 0 Å². The molecule has 7 nitrogen and oxygen atoms in total. The van der Waals surface area contributed by atoms with Crippen molar-refractivity contribution in [2.45, 2.75) is 25.4 Å². The highest BCUT2D eigenvalue weighted by molar-refractivity contribution is 7.16. The maximum Gasteiger partial charge on any atom is 0.249 e. The number of carbonyl (C=O) groups is 1. The number of nitrogens with one attached hydrogen (secondary N) is 1. The Morgan fingerprint density at radius 1 is 1.67 bits per heavy atom. The highest BCUT2D eigenvalue weighted by atomic mass is 32.1. The number of hydrogen-bond donors (Lipinski definition) is 1. The van der Waals surface area contributed by atoms with Gasteiger partial charge in [-0.1, -0.05) is 11.3 Å². The van der Waals surface area contributed by atoms with Crippen molar-refractivity contribution in [1.29, 1.82) is 0 Å². The highest BCUT2D eigenvalue weighted by Gasteiger charge is 2.22. The summed E-state index contributed by atoms with van der Waals surface area (Å²) in [6.07, 6.45) is 3.80. The number of hydrogen-bond acceptors (Lipinski definition) is 6. The summed E-state index contributed by atoms with van der Waals surface area (Å²) < 4.78 is 6.95. The summed E-state index contributed by atoms with van der Waals surface area (Å²) in [4.78, 5) is 12.5. The fraction of sp³-hybridized carbons (Fsp3) is 0.600. The van der Waals surface area contributed by atoms with Gasteiger partial charge in [0, 0.05) is 19.6 Å². The molecule has 0 radical (unpaired) electrons. The van der Waals surface area contributed by atoms with Crippen LogP contribution in [0.15, 0.2) is 6.33 Å². The molecule has 2 aromatic heterocycles.